The van der Waals surface area contributed by atoms with E-state index in [0.29, 0.717) is 13.2 Å². The highest BCUT2D eigenvalue weighted by molar-refractivity contribution is 5.85. The van der Waals surface area contributed by atoms with E-state index in [1.807, 2.05) is 6.92 Å². The maximum atomic E-state index is 12.2. The lowest BCUT2D eigenvalue weighted by atomic mass is 9.92. The molecule has 1 rings (SSSR count). The van der Waals surface area contributed by atoms with Crippen molar-refractivity contribution in [3.8, 4) is 0 Å². The first kappa shape index (κ1) is 29.1. The Morgan fingerprint density at radius 1 is 1.32 bits per heavy atom. The van der Waals surface area contributed by atoms with Gasteiger partial charge in [0, 0.05) is 21.5 Å². The molecule has 196 valence electrons. The van der Waals surface area contributed by atoms with Crippen LogP contribution in [-0.2, 0) is 28.6 Å². The third-order valence-corrected chi connectivity index (χ3v) is 4.69. The molecular formula is C20H37N5O9. The molecule has 0 radical (unpaired) electrons. The van der Waals surface area contributed by atoms with E-state index in [9.17, 15) is 29.7 Å². The average Bonchev–Trinajstić information content (AvgIpc) is 2.76. The molecule has 0 saturated heterocycles. The van der Waals surface area contributed by atoms with Crippen molar-refractivity contribution < 1.29 is 45.3 Å². The summed E-state index contributed by atoms with van der Waals surface area (Å²) in [5.74, 6) is -3.48. The lowest BCUT2D eigenvalue weighted by Crippen LogP contribution is -2.60. The third kappa shape index (κ3) is 9.91. The summed E-state index contributed by atoms with van der Waals surface area (Å²) in [6.07, 6.45) is -1.43. The first-order valence-electron chi connectivity index (χ1n) is 10.8. The van der Waals surface area contributed by atoms with Gasteiger partial charge in [0.1, 0.15) is 18.8 Å². The Kier molecular flexibility index (Phi) is 12.9. The Bertz CT molecular complexity index is 748. The largest absolute Gasteiger partial charge is 0.478 e. The molecule has 0 unspecified atom stereocenters. The van der Waals surface area contributed by atoms with Crippen molar-refractivity contribution in [2.45, 2.75) is 57.1 Å². The molecule has 0 aromatic heterocycles. The molecule has 0 aromatic carbocycles. The molecule has 1 aliphatic rings. The van der Waals surface area contributed by atoms with Crippen LogP contribution >= 0.6 is 0 Å². The standard InChI is InChI=1S/C20H35N5O9.H2/c1-3-4-6-32-7-5-23-15(29)10-33-17(13(28)9-26)18-16(24-11(2)27)12(25-20(21)22)8-14(34-18)19(30)31;/h8,12-13,16-18,26,28H,3-7,9-10H2,1-2H3,(H,23,29)(H,24,27)(H,30,31)(H4,21,22,25);1H/t12-,13+,16+,17+,18+;/m0./s1/i;1+2. The number of ether oxygens (including phenoxy) is 3. The number of nitrogens with one attached hydrogen (secondary N) is 2. The van der Waals surface area contributed by atoms with Crippen molar-refractivity contribution in [2.24, 2.45) is 16.5 Å². The van der Waals surface area contributed by atoms with Crippen LogP contribution < -0.4 is 22.1 Å². The molecule has 5 atom stereocenters. The number of carbonyl (C=O) groups excluding carboxylic acids is 2. The number of aliphatic carboxylic acids is 1. The smallest absolute Gasteiger partial charge is 0.370 e. The van der Waals surface area contributed by atoms with Crippen molar-refractivity contribution in [2.75, 3.05) is 33.0 Å². The van der Waals surface area contributed by atoms with Crippen molar-refractivity contribution in [3.05, 3.63) is 11.8 Å². The second-order valence-corrected chi connectivity index (χ2v) is 7.53. The summed E-state index contributed by atoms with van der Waals surface area (Å²) >= 11 is 0. The predicted molar refractivity (Wildman–Crippen MR) is 121 cm³/mol. The third-order valence-electron chi connectivity index (χ3n) is 4.69. The Morgan fingerprint density at radius 2 is 2.03 bits per heavy atom. The molecule has 0 spiro atoms. The van der Waals surface area contributed by atoms with Crippen LogP contribution in [0.4, 0.5) is 0 Å². The molecule has 0 aliphatic carbocycles. The highest BCUT2D eigenvalue weighted by atomic mass is 16.6. The van der Waals surface area contributed by atoms with Crippen molar-refractivity contribution in [1.82, 2.24) is 10.6 Å². The number of carboxylic acids is 1. The molecular weight excluding hydrogens is 454 g/mol. The number of aliphatic hydroxyl groups is 2. The van der Waals surface area contributed by atoms with Crippen LogP contribution in [0.2, 0.25) is 0 Å². The fourth-order valence-corrected chi connectivity index (χ4v) is 3.16. The topological polar surface area (TPSA) is 228 Å². The van der Waals surface area contributed by atoms with Crippen LogP contribution in [0.15, 0.2) is 16.8 Å². The minimum atomic E-state index is -1.60. The van der Waals surface area contributed by atoms with Crippen LogP contribution in [0.25, 0.3) is 0 Å². The van der Waals surface area contributed by atoms with E-state index in [2.05, 4.69) is 15.6 Å². The normalized spacial score (nSPS) is 21.4. The van der Waals surface area contributed by atoms with Gasteiger partial charge in [0.25, 0.3) is 0 Å². The lowest BCUT2D eigenvalue weighted by molar-refractivity contribution is -0.158. The summed E-state index contributed by atoms with van der Waals surface area (Å²) in [5, 5.41) is 34.4. The number of unbranched alkanes of at least 4 members (excludes halogenated alkanes) is 1. The molecule has 0 aromatic rings. The van der Waals surface area contributed by atoms with Gasteiger partial charge in [0.15, 0.2) is 12.1 Å². The van der Waals surface area contributed by atoms with Gasteiger partial charge in [-0.15, -0.1) is 0 Å². The van der Waals surface area contributed by atoms with Gasteiger partial charge in [-0.05, 0) is 12.5 Å². The number of aliphatic hydroxyl groups excluding tert-OH is 2. The molecule has 0 bridgehead atoms. The fourth-order valence-electron chi connectivity index (χ4n) is 3.16. The van der Waals surface area contributed by atoms with E-state index in [4.69, 9.17) is 25.7 Å². The minimum Gasteiger partial charge on any atom is -0.478 e. The fraction of sp³-hybridized carbons (Fsp3) is 0.700. The number of nitrogens with zero attached hydrogens (tertiary/aromatic N) is 1. The van der Waals surface area contributed by atoms with Crippen LogP contribution in [0.5, 0.6) is 0 Å². The van der Waals surface area contributed by atoms with Crippen LogP contribution in [-0.4, -0.2) is 102 Å². The molecule has 1 heterocycles. The monoisotopic (exact) mass is 493 g/mol. The van der Waals surface area contributed by atoms with Crippen LogP contribution in [0, 0.1) is 0 Å². The van der Waals surface area contributed by atoms with Crippen molar-refractivity contribution in [3.63, 3.8) is 0 Å². The average molecular weight is 494 g/mol. The molecule has 0 fully saturated rings. The number of rotatable bonds is 15. The second kappa shape index (κ2) is 15.1. The zero-order valence-electron chi connectivity index (χ0n) is 19.3. The van der Waals surface area contributed by atoms with E-state index < -0.39 is 67.2 Å². The number of carboxylic acid groups (broad SMARTS) is 1. The Morgan fingerprint density at radius 3 is 2.59 bits per heavy atom. The van der Waals surface area contributed by atoms with Gasteiger partial charge in [0.05, 0.1) is 25.3 Å². The Hall–Kier alpha value is -2.94. The number of aliphatic imine (C=N–C) groups is 1. The highest BCUT2D eigenvalue weighted by Gasteiger charge is 2.45. The van der Waals surface area contributed by atoms with Gasteiger partial charge in [0.2, 0.25) is 17.6 Å². The zero-order valence-corrected chi connectivity index (χ0v) is 19.3. The van der Waals surface area contributed by atoms with Crippen LogP contribution in [0.3, 0.4) is 0 Å². The van der Waals surface area contributed by atoms with Gasteiger partial charge < -0.3 is 51.6 Å². The molecule has 1 aliphatic heterocycles. The maximum absolute atomic E-state index is 12.2. The molecule has 14 heteroatoms. The lowest BCUT2D eigenvalue weighted by Gasteiger charge is -2.40. The molecule has 34 heavy (non-hydrogen) atoms. The first-order valence-corrected chi connectivity index (χ1v) is 10.8. The van der Waals surface area contributed by atoms with E-state index in [0.717, 1.165) is 18.9 Å². The molecule has 9 N–H and O–H groups in total. The highest BCUT2D eigenvalue weighted by Crippen LogP contribution is 2.26. The number of nitrogens with two attached hydrogens (primary N) is 2. The second-order valence-electron chi connectivity index (χ2n) is 7.53. The van der Waals surface area contributed by atoms with Gasteiger partial charge in [-0.3, -0.25) is 9.59 Å². The summed E-state index contributed by atoms with van der Waals surface area (Å²) in [7, 11) is 0. The summed E-state index contributed by atoms with van der Waals surface area (Å²) < 4.78 is 16.3. The van der Waals surface area contributed by atoms with Gasteiger partial charge in [-0.2, -0.15) is 0 Å². The Balaban J connectivity index is 0.0000116. The van der Waals surface area contributed by atoms with Crippen LogP contribution in [0.1, 0.15) is 28.1 Å². The number of hydrogen-bond donors (Lipinski definition) is 7. The summed E-state index contributed by atoms with van der Waals surface area (Å²) in [5.41, 5.74) is 10.9. The molecule has 14 nitrogen and oxygen atoms in total. The Labute approximate surface area is 198 Å². The zero-order chi connectivity index (χ0) is 25.7. The van der Waals surface area contributed by atoms with Gasteiger partial charge >= 0.3 is 5.97 Å². The number of hydrogen-bond acceptors (Lipinski definition) is 9. The summed E-state index contributed by atoms with van der Waals surface area (Å²) in [6.45, 7) is 2.98. The SMILES string of the molecule is CCCCOCCNC(=O)CO[C@@H]([C@@H]1OC(C(=O)O)=C[C@H](N=C(N)N)[C@H]1NC(C)=O)[C@H](O)CO.[3HH]. The van der Waals surface area contributed by atoms with E-state index >= 15 is 0 Å². The first-order chi connectivity index (χ1) is 16.1. The van der Waals surface area contributed by atoms with Crippen molar-refractivity contribution in [1.29, 1.82) is 0 Å². The molecule has 0 saturated carbocycles. The predicted octanol–water partition coefficient (Wildman–Crippen LogP) is -2.58. The quantitative estimate of drug-likeness (QED) is 0.0711. The van der Waals surface area contributed by atoms with E-state index in [1.165, 1.54) is 6.92 Å². The van der Waals surface area contributed by atoms with E-state index in [-0.39, 0.29) is 13.9 Å². The minimum absolute atomic E-state index is 0. The summed E-state index contributed by atoms with van der Waals surface area (Å²) in [4.78, 5) is 39.5. The molecule has 2 amide bonds. The van der Waals surface area contributed by atoms with Crippen molar-refractivity contribution >= 4 is 23.7 Å². The van der Waals surface area contributed by atoms with Gasteiger partial charge in [-0.25, -0.2) is 9.79 Å². The maximum Gasteiger partial charge on any atom is 0.370 e. The number of guanidine groups is 1. The number of amides is 2. The summed E-state index contributed by atoms with van der Waals surface area (Å²) in [6, 6.07) is -2.19. The van der Waals surface area contributed by atoms with Gasteiger partial charge in [-0.1, -0.05) is 13.3 Å². The number of carbonyl (C=O) groups is 3. The van der Waals surface area contributed by atoms with E-state index in [1.54, 1.807) is 0 Å².